The molecule has 0 bridgehead atoms. The molecule has 2 aromatic carbocycles. The number of piperazine rings is 1. The molecule has 3 rings (SSSR count). The van der Waals surface area contributed by atoms with Gasteiger partial charge in [0.15, 0.2) is 0 Å². The molecule has 2 amide bonds. The van der Waals surface area contributed by atoms with Gasteiger partial charge in [0.2, 0.25) is 0 Å². The van der Waals surface area contributed by atoms with Crippen LogP contribution in [0.2, 0.25) is 0 Å². The monoisotopic (exact) mass is 366 g/mol. The molecule has 1 heterocycles. The molecular weight excluding hydrogens is 336 g/mol. The number of para-hydroxylation sites is 1. The Morgan fingerprint density at radius 2 is 1.56 bits per heavy atom. The largest absolute Gasteiger partial charge is 0.368 e. The number of hydrogen-bond donors (Lipinski definition) is 1. The number of hydrogen-bond acceptors (Lipinski definition) is 3. The Bertz CT molecular complexity index is 697. The molecule has 144 valence electrons. The zero-order chi connectivity index (χ0) is 19.1. The molecule has 27 heavy (non-hydrogen) atoms. The van der Waals surface area contributed by atoms with Crippen LogP contribution in [0.5, 0.6) is 0 Å². The van der Waals surface area contributed by atoms with Gasteiger partial charge in [-0.25, -0.2) is 4.79 Å². The molecule has 1 atom stereocenters. The molecule has 1 aliphatic heterocycles. The van der Waals surface area contributed by atoms with Crippen molar-refractivity contribution in [3.05, 3.63) is 66.2 Å². The van der Waals surface area contributed by atoms with Crippen molar-refractivity contribution >= 4 is 11.7 Å². The summed E-state index contributed by atoms with van der Waals surface area (Å²) < 4.78 is 0. The average molecular weight is 367 g/mol. The van der Waals surface area contributed by atoms with Crippen molar-refractivity contribution in [1.29, 1.82) is 0 Å². The van der Waals surface area contributed by atoms with E-state index in [2.05, 4.69) is 51.5 Å². The quantitative estimate of drug-likeness (QED) is 0.854. The van der Waals surface area contributed by atoms with E-state index in [1.165, 1.54) is 11.3 Å². The van der Waals surface area contributed by atoms with E-state index >= 15 is 0 Å². The van der Waals surface area contributed by atoms with Gasteiger partial charge >= 0.3 is 6.03 Å². The molecule has 2 aromatic rings. The van der Waals surface area contributed by atoms with Crippen LogP contribution in [0.4, 0.5) is 10.5 Å². The number of anilines is 1. The Morgan fingerprint density at radius 3 is 2.15 bits per heavy atom. The summed E-state index contributed by atoms with van der Waals surface area (Å²) in [5.41, 5.74) is 2.48. The molecule has 1 unspecified atom stereocenters. The lowest BCUT2D eigenvalue weighted by Crippen LogP contribution is -2.55. The van der Waals surface area contributed by atoms with E-state index in [0.717, 1.165) is 39.1 Å². The molecule has 0 spiro atoms. The van der Waals surface area contributed by atoms with Crippen LogP contribution in [0.1, 0.15) is 5.56 Å². The number of carbonyl (C=O) groups excluding carboxylic acids is 1. The first kappa shape index (κ1) is 19.2. The van der Waals surface area contributed by atoms with Gasteiger partial charge in [0.1, 0.15) is 0 Å². The number of nitrogens with one attached hydrogen (secondary N) is 1. The van der Waals surface area contributed by atoms with Crippen LogP contribution in [0, 0.1) is 0 Å². The molecule has 0 aromatic heterocycles. The second-order valence-corrected chi connectivity index (χ2v) is 7.41. The summed E-state index contributed by atoms with van der Waals surface area (Å²) in [6.45, 7) is 4.06. The van der Waals surface area contributed by atoms with Crippen LogP contribution in [-0.2, 0) is 6.42 Å². The number of likely N-dealkylation sites (N-methyl/N-ethyl adjacent to an activating group) is 1. The maximum Gasteiger partial charge on any atom is 0.317 e. The van der Waals surface area contributed by atoms with Gasteiger partial charge in [-0.2, -0.15) is 0 Å². The fourth-order valence-electron chi connectivity index (χ4n) is 3.57. The standard InChI is InChI=1S/C22H30N4O/c1-24(2)18-20(17-19-9-5-3-6-10-19)23-22(27)26-15-13-25(14-16-26)21-11-7-4-8-12-21/h3-12,20H,13-18H2,1-2H3,(H,23,27). The highest BCUT2D eigenvalue weighted by molar-refractivity contribution is 5.75. The smallest absolute Gasteiger partial charge is 0.317 e. The Balaban J connectivity index is 1.54. The third-order valence-electron chi connectivity index (χ3n) is 4.93. The number of rotatable bonds is 6. The first-order valence-electron chi connectivity index (χ1n) is 9.66. The van der Waals surface area contributed by atoms with E-state index < -0.39 is 0 Å². The van der Waals surface area contributed by atoms with Crippen molar-refractivity contribution in [1.82, 2.24) is 15.1 Å². The molecule has 0 radical (unpaired) electrons. The van der Waals surface area contributed by atoms with Crippen LogP contribution < -0.4 is 10.2 Å². The highest BCUT2D eigenvalue weighted by Crippen LogP contribution is 2.15. The molecule has 1 saturated heterocycles. The van der Waals surface area contributed by atoms with E-state index in [1.807, 2.05) is 43.3 Å². The van der Waals surface area contributed by atoms with Gasteiger partial charge in [0, 0.05) is 44.5 Å². The van der Waals surface area contributed by atoms with Crippen LogP contribution in [-0.4, -0.2) is 68.7 Å². The summed E-state index contributed by atoms with van der Waals surface area (Å²) in [5.74, 6) is 0. The lowest BCUT2D eigenvalue weighted by atomic mass is 10.1. The number of amides is 2. The zero-order valence-corrected chi connectivity index (χ0v) is 16.3. The lowest BCUT2D eigenvalue weighted by Gasteiger charge is -2.37. The Hall–Kier alpha value is -2.53. The van der Waals surface area contributed by atoms with E-state index in [9.17, 15) is 4.79 Å². The normalized spacial score (nSPS) is 15.7. The number of benzene rings is 2. The van der Waals surface area contributed by atoms with Crippen molar-refractivity contribution in [2.24, 2.45) is 0 Å². The number of nitrogens with zero attached hydrogens (tertiary/aromatic N) is 3. The predicted molar refractivity (Wildman–Crippen MR) is 111 cm³/mol. The molecule has 1 N–H and O–H groups in total. The van der Waals surface area contributed by atoms with E-state index in [1.54, 1.807) is 0 Å². The van der Waals surface area contributed by atoms with Crippen LogP contribution in [0.25, 0.3) is 0 Å². The van der Waals surface area contributed by atoms with Crippen molar-refractivity contribution in [3.63, 3.8) is 0 Å². The van der Waals surface area contributed by atoms with Crippen molar-refractivity contribution in [2.75, 3.05) is 51.7 Å². The first-order chi connectivity index (χ1) is 13.1. The minimum absolute atomic E-state index is 0.0468. The van der Waals surface area contributed by atoms with Crippen LogP contribution in [0.3, 0.4) is 0 Å². The van der Waals surface area contributed by atoms with Gasteiger partial charge in [-0.1, -0.05) is 48.5 Å². The Kier molecular flexibility index (Phi) is 6.71. The molecule has 0 saturated carbocycles. The molecule has 5 nitrogen and oxygen atoms in total. The van der Waals surface area contributed by atoms with Crippen LogP contribution >= 0.6 is 0 Å². The fourth-order valence-corrected chi connectivity index (χ4v) is 3.57. The highest BCUT2D eigenvalue weighted by Gasteiger charge is 2.23. The minimum atomic E-state index is 0.0468. The van der Waals surface area contributed by atoms with Gasteiger partial charge < -0.3 is 20.0 Å². The fraction of sp³-hybridized carbons (Fsp3) is 0.409. The zero-order valence-electron chi connectivity index (χ0n) is 16.3. The van der Waals surface area contributed by atoms with E-state index in [-0.39, 0.29) is 12.1 Å². The summed E-state index contributed by atoms with van der Waals surface area (Å²) >= 11 is 0. The Morgan fingerprint density at radius 1 is 0.963 bits per heavy atom. The van der Waals surface area contributed by atoms with Gasteiger partial charge in [-0.05, 0) is 38.2 Å². The van der Waals surface area contributed by atoms with Crippen molar-refractivity contribution in [3.8, 4) is 0 Å². The lowest BCUT2D eigenvalue weighted by molar-refractivity contribution is 0.187. The SMILES string of the molecule is CN(C)CC(Cc1ccccc1)NC(=O)N1CCN(c2ccccc2)CC1. The summed E-state index contributed by atoms with van der Waals surface area (Å²) in [4.78, 5) is 19.2. The minimum Gasteiger partial charge on any atom is -0.368 e. The first-order valence-corrected chi connectivity index (χ1v) is 9.66. The van der Waals surface area contributed by atoms with Crippen LogP contribution in [0.15, 0.2) is 60.7 Å². The topological polar surface area (TPSA) is 38.8 Å². The third-order valence-corrected chi connectivity index (χ3v) is 4.93. The summed E-state index contributed by atoms with van der Waals surface area (Å²) in [6.07, 6.45) is 0.842. The second-order valence-electron chi connectivity index (χ2n) is 7.41. The van der Waals surface area contributed by atoms with Gasteiger partial charge in [-0.3, -0.25) is 0 Å². The molecular formula is C22H30N4O. The summed E-state index contributed by atoms with van der Waals surface area (Å²) in [6, 6.07) is 20.9. The van der Waals surface area contributed by atoms with Gasteiger partial charge in [0.25, 0.3) is 0 Å². The van der Waals surface area contributed by atoms with Crippen molar-refractivity contribution < 1.29 is 4.79 Å². The van der Waals surface area contributed by atoms with E-state index in [0.29, 0.717) is 0 Å². The van der Waals surface area contributed by atoms with Gasteiger partial charge in [0.05, 0.1) is 0 Å². The Labute approximate surface area is 162 Å². The molecule has 5 heteroatoms. The molecule has 0 aliphatic carbocycles. The van der Waals surface area contributed by atoms with Crippen molar-refractivity contribution in [2.45, 2.75) is 12.5 Å². The maximum absolute atomic E-state index is 12.8. The highest BCUT2D eigenvalue weighted by atomic mass is 16.2. The third kappa shape index (κ3) is 5.73. The number of urea groups is 1. The van der Waals surface area contributed by atoms with E-state index in [4.69, 9.17) is 0 Å². The second kappa shape index (κ2) is 9.42. The maximum atomic E-state index is 12.8. The predicted octanol–water partition coefficient (Wildman–Crippen LogP) is 2.69. The van der Waals surface area contributed by atoms with Gasteiger partial charge in [-0.15, -0.1) is 0 Å². The number of carbonyl (C=O) groups is 1. The summed E-state index contributed by atoms with van der Waals surface area (Å²) in [5, 5.41) is 3.25. The molecule has 1 fully saturated rings. The average Bonchev–Trinajstić information content (AvgIpc) is 2.69. The summed E-state index contributed by atoms with van der Waals surface area (Å²) in [7, 11) is 4.09. The molecule has 1 aliphatic rings.